The molecule has 1 fully saturated rings. The molecule has 1 saturated heterocycles. The Kier molecular flexibility index (Phi) is 9.29. The third kappa shape index (κ3) is 5.53. The van der Waals surface area contributed by atoms with E-state index in [1.807, 2.05) is 12.1 Å². The number of nitrogens with zero attached hydrogens (tertiary/aromatic N) is 2. The van der Waals surface area contributed by atoms with Crippen molar-refractivity contribution < 1.29 is 4.79 Å². The normalized spacial score (nSPS) is 13.9. The molecule has 20 heavy (non-hydrogen) atoms. The summed E-state index contributed by atoms with van der Waals surface area (Å²) in [6, 6.07) is 3.96. The molecule has 0 radical (unpaired) electrons. The van der Waals surface area contributed by atoms with Gasteiger partial charge in [0, 0.05) is 25.8 Å². The van der Waals surface area contributed by atoms with Gasteiger partial charge in [-0.3, -0.25) is 4.79 Å². The number of rotatable bonds is 4. The van der Waals surface area contributed by atoms with E-state index >= 15 is 0 Å². The van der Waals surface area contributed by atoms with Crippen molar-refractivity contribution in [1.82, 2.24) is 10.3 Å². The van der Waals surface area contributed by atoms with E-state index < -0.39 is 0 Å². The molecule has 3 N–H and O–H groups in total. The number of pyridine rings is 1. The molecule has 0 spiro atoms. The van der Waals surface area contributed by atoms with Gasteiger partial charge in [-0.15, -0.1) is 24.8 Å². The number of piperidine rings is 1. The fourth-order valence-electron chi connectivity index (χ4n) is 2.14. The minimum absolute atomic E-state index is 0. The number of hydrogen-bond donors (Lipinski definition) is 2. The van der Waals surface area contributed by atoms with Crippen LogP contribution in [0.1, 0.15) is 24.8 Å². The summed E-state index contributed by atoms with van der Waals surface area (Å²) in [5.74, 6) is 0.875. The summed E-state index contributed by atoms with van der Waals surface area (Å²) < 4.78 is 0. The van der Waals surface area contributed by atoms with E-state index in [1.54, 1.807) is 6.20 Å². The van der Waals surface area contributed by atoms with Crippen molar-refractivity contribution >= 4 is 36.5 Å². The van der Waals surface area contributed by atoms with E-state index in [0.29, 0.717) is 6.54 Å². The minimum Gasteiger partial charge on any atom is -0.357 e. The Bertz CT molecular complexity index is 411. The van der Waals surface area contributed by atoms with Crippen molar-refractivity contribution in [3.63, 3.8) is 0 Å². The van der Waals surface area contributed by atoms with Gasteiger partial charge in [0.2, 0.25) is 5.91 Å². The molecule has 0 atom stereocenters. The van der Waals surface area contributed by atoms with E-state index in [4.69, 9.17) is 5.73 Å². The summed E-state index contributed by atoms with van der Waals surface area (Å²) in [6.45, 7) is 2.70. The van der Waals surface area contributed by atoms with Crippen LogP contribution in [-0.2, 0) is 11.3 Å². The van der Waals surface area contributed by atoms with Crippen LogP contribution in [0.2, 0.25) is 0 Å². The summed E-state index contributed by atoms with van der Waals surface area (Å²) in [7, 11) is 0. The van der Waals surface area contributed by atoms with Crippen molar-refractivity contribution in [3.8, 4) is 0 Å². The topological polar surface area (TPSA) is 71.2 Å². The van der Waals surface area contributed by atoms with Crippen molar-refractivity contribution in [1.29, 1.82) is 0 Å². The van der Waals surface area contributed by atoms with Gasteiger partial charge in [0.05, 0.1) is 6.54 Å². The van der Waals surface area contributed by atoms with Crippen molar-refractivity contribution in [2.75, 3.05) is 24.5 Å². The highest BCUT2D eigenvalue weighted by Crippen LogP contribution is 2.18. The van der Waals surface area contributed by atoms with Gasteiger partial charge in [-0.1, -0.05) is 0 Å². The number of carbonyl (C=O) groups excluding carboxylic acids is 1. The van der Waals surface area contributed by atoms with Gasteiger partial charge in [0.25, 0.3) is 0 Å². The molecule has 0 unspecified atom stereocenters. The SMILES string of the molecule is Cl.Cl.NCC(=O)NCc1ccnc(N2CCCCC2)c1. The van der Waals surface area contributed by atoms with Crippen LogP contribution in [-0.4, -0.2) is 30.5 Å². The number of carbonyl (C=O) groups is 1. The molecule has 114 valence electrons. The fraction of sp³-hybridized carbons (Fsp3) is 0.538. The van der Waals surface area contributed by atoms with Crippen LogP contribution < -0.4 is 16.0 Å². The van der Waals surface area contributed by atoms with Gasteiger partial charge in [-0.25, -0.2) is 4.98 Å². The Balaban J connectivity index is 0.00000180. The molecule has 1 aliphatic heterocycles. The number of anilines is 1. The zero-order valence-electron chi connectivity index (χ0n) is 11.4. The first kappa shape index (κ1) is 19.0. The molecule has 2 rings (SSSR count). The second kappa shape index (κ2) is 9.80. The summed E-state index contributed by atoms with van der Waals surface area (Å²) in [6.07, 6.45) is 5.57. The number of hydrogen-bond acceptors (Lipinski definition) is 4. The molecular formula is C13H22Cl2N4O. The molecule has 0 aromatic carbocycles. The Labute approximate surface area is 132 Å². The van der Waals surface area contributed by atoms with Crippen LogP contribution in [0, 0.1) is 0 Å². The quantitative estimate of drug-likeness (QED) is 0.881. The molecule has 0 saturated carbocycles. The molecule has 1 amide bonds. The summed E-state index contributed by atoms with van der Waals surface area (Å²) in [5.41, 5.74) is 6.31. The molecule has 0 bridgehead atoms. The third-order valence-electron chi connectivity index (χ3n) is 3.17. The lowest BCUT2D eigenvalue weighted by atomic mass is 10.1. The van der Waals surface area contributed by atoms with Crippen LogP contribution in [0.15, 0.2) is 18.3 Å². The Hall–Kier alpha value is -1.04. The summed E-state index contributed by atoms with van der Waals surface area (Å²) in [4.78, 5) is 17.8. The molecule has 1 aromatic heterocycles. The lowest BCUT2D eigenvalue weighted by Gasteiger charge is -2.27. The maximum Gasteiger partial charge on any atom is 0.234 e. The predicted octanol–water partition coefficient (Wildman–Crippen LogP) is 1.49. The molecule has 5 nitrogen and oxygen atoms in total. The van der Waals surface area contributed by atoms with E-state index in [-0.39, 0.29) is 37.3 Å². The second-order valence-corrected chi connectivity index (χ2v) is 4.55. The summed E-state index contributed by atoms with van der Waals surface area (Å²) in [5, 5.41) is 2.77. The lowest BCUT2D eigenvalue weighted by Crippen LogP contribution is -2.31. The Morgan fingerprint density at radius 2 is 2.00 bits per heavy atom. The molecule has 2 heterocycles. The van der Waals surface area contributed by atoms with Crippen LogP contribution in [0.4, 0.5) is 5.82 Å². The Morgan fingerprint density at radius 3 is 2.65 bits per heavy atom. The molecular weight excluding hydrogens is 299 g/mol. The van der Waals surface area contributed by atoms with Crippen LogP contribution >= 0.6 is 24.8 Å². The standard InChI is InChI=1S/C13H20N4O.2ClH/c14-9-13(18)16-10-11-4-5-15-12(8-11)17-6-2-1-3-7-17;;/h4-5,8H,1-3,6-7,9-10,14H2,(H,16,18);2*1H. The molecule has 1 aromatic rings. The number of aromatic nitrogens is 1. The van der Waals surface area contributed by atoms with Gasteiger partial charge in [-0.2, -0.15) is 0 Å². The number of nitrogens with two attached hydrogens (primary N) is 1. The highest BCUT2D eigenvalue weighted by atomic mass is 35.5. The minimum atomic E-state index is -0.133. The molecule has 1 aliphatic rings. The number of halogens is 2. The van der Waals surface area contributed by atoms with Gasteiger partial charge in [-0.05, 0) is 37.0 Å². The van der Waals surface area contributed by atoms with Crippen LogP contribution in [0.5, 0.6) is 0 Å². The highest BCUT2D eigenvalue weighted by Gasteiger charge is 2.12. The first-order chi connectivity index (χ1) is 8.79. The van der Waals surface area contributed by atoms with E-state index in [1.165, 1.54) is 19.3 Å². The summed E-state index contributed by atoms with van der Waals surface area (Å²) >= 11 is 0. The monoisotopic (exact) mass is 320 g/mol. The average molecular weight is 321 g/mol. The smallest absolute Gasteiger partial charge is 0.234 e. The lowest BCUT2D eigenvalue weighted by molar-refractivity contribution is -0.119. The van der Waals surface area contributed by atoms with Crippen LogP contribution in [0.3, 0.4) is 0 Å². The second-order valence-electron chi connectivity index (χ2n) is 4.55. The van der Waals surface area contributed by atoms with Gasteiger partial charge in [0.15, 0.2) is 0 Å². The van der Waals surface area contributed by atoms with Gasteiger partial charge >= 0.3 is 0 Å². The zero-order valence-corrected chi connectivity index (χ0v) is 13.0. The van der Waals surface area contributed by atoms with Crippen molar-refractivity contribution in [2.45, 2.75) is 25.8 Å². The molecule has 7 heteroatoms. The van der Waals surface area contributed by atoms with Crippen LogP contribution in [0.25, 0.3) is 0 Å². The van der Waals surface area contributed by atoms with Gasteiger partial charge in [0.1, 0.15) is 5.82 Å². The predicted molar refractivity (Wildman–Crippen MR) is 85.7 cm³/mol. The van der Waals surface area contributed by atoms with E-state index in [9.17, 15) is 4.79 Å². The van der Waals surface area contributed by atoms with Crippen molar-refractivity contribution in [3.05, 3.63) is 23.9 Å². The van der Waals surface area contributed by atoms with Gasteiger partial charge < -0.3 is 16.0 Å². The Morgan fingerprint density at radius 1 is 1.30 bits per heavy atom. The number of amides is 1. The van der Waals surface area contributed by atoms with E-state index in [2.05, 4.69) is 15.2 Å². The first-order valence-electron chi connectivity index (χ1n) is 6.46. The molecule has 0 aliphatic carbocycles. The van der Waals surface area contributed by atoms with Crippen molar-refractivity contribution in [2.24, 2.45) is 5.73 Å². The average Bonchev–Trinajstić information content (AvgIpc) is 2.46. The third-order valence-corrected chi connectivity index (χ3v) is 3.17. The van der Waals surface area contributed by atoms with E-state index in [0.717, 1.165) is 24.5 Å². The maximum absolute atomic E-state index is 11.1. The highest BCUT2D eigenvalue weighted by molar-refractivity contribution is 5.85. The zero-order chi connectivity index (χ0) is 12.8. The first-order valence-corrected chi connectivity index (χ1v) is 6.46. The fourth-order valence-corrected chi connectivity index (χ4v) is 2.14. The maximum atomic E-state index is 11.1. The number of nitrogens with one attached hydrogen (secondary N) is 1. The largest absolute Gasteiger partial charge is 0.357 e.